The van der Waals surface area contributed by atoms with Gasteiger partial charge in [0.25, 0.3) is 17.5 Å². The van der Waals surface area contributed by atoms with E-state index in [4.69, 9.17) is 20.0 Å². The van der Waals surface area contributed by atoms with E-state index < -0.39 is 28.4 Å². The van der Waals surface area contributed by atoms with Crippen LogP contribution in [0.1, 0.15) is 27.2 Å². The van der Waals surface area contributed by atoms with E-state index in [9.17, 15) is 19.3 Å². The van der Waals surface area contributed by atoms with E-state index in [0.717, 1.165) is 18.2 Å². The maximum Gasteiger partial charge on any atom is 0.273 e. The maximum absolute atomic E-state index is 14.2. The van der Waals surface area contributed by atoms with Crippen LogP contribution < -0.4 is 5.32 Å². The van der Waals surface area contributed by atoms with Gasteiger partial charge in [-0.3, -0.25) is 25.7 Å². The lowest BCUT2D eigenvalue weighted by atomic mass is 10.1. The van der Waals surface area contributed by atoms with Crippen molar-refractivity contribution in [3.63, 3.8) is 0 Å². The van der Waals surface area contributed by atoms with Gasteiger partial charge >= 0.3 is 0 Å². The van der Waals surface area contributed by atoms with Gasteiger partial charge in [-0.05, 0) is 43.3 Å². The van der Waals surface area contributed by atoms with Crippen molar-refractivity contribution in [2.24, 2.45) is 0 Å². The van der Waals surface area contributed by atoms with Gasteiger partial charge in [0.05, 0.1) is 16.9 Å². The predicted octanol–water partition coefficient (Wildman–Crippen LogP) is 4.26. The Morgan fingerprint density at radius 1 is 1.13 bits per heavy atom. The number of nitro groups is 1. The second-order valence-corrected chi connectivity index (χ2v) is 6.14. The molecule has 0 aliphatic rings. The van der Waals surface area contributed by atoms with Crippen molar-refractivity contribution in [3.8, 4) is 0 Å². The van der Waals surface area contributed by atoms with Crippen molar-refractivity contribution < 1.29 is 23.3 Å². The van der Waals surface area contributed by atoms with Crippen molar-refractivity contribution in [3.05, 3.63) is 93.2 Å². The minimum absolute atomic E-state index is 0.0250. The topological polar surface area (TPSA) is 142 Å². The summed E-state index contributed by atoms with van der Waals surface area (Å²) in [5.41, 5.74) is -0.0302. The van der Waals surface area contributed by atoms with Gasteiger partial charge in [-0.25, -0.2) is 4.39 Å². The number of benzene rings is 2. The van der Waals surface area contributed by atoms with Crippen molar-refractivity contribution in [1.29, 1.82) is 10.8 Å². The highest BCUT2D eigenvalue weighted by Crippen LogP contribution is 2.22. The number of aryl methyl sites for hydroxylation is 1. The SMILES string of the molecule is Cc1ccc(C(=O)Nc2cc(C(=N)OC(=N)c3ccco3)ccc2F)cc1[N+](=O)[O-]. The summed E-state index contributed by atoms with van der Waals surface area (Å²) in [4.78, 5) is 22.9. The van der Waals surface area contributed by atoms with Crippen LogP contribution in [0, 0.1) is 33.7 Å². The molecular weight excluding hydrogens is 395 g/mol. The molecule has 0 unspecified atom stereocenters. The summed E-state index contributed by atoms with van der Waals surface area (Å²) < 4.78 is 24.3. The van der Waals surface area contributed by atoms with Crippen molar-refractivity contribution in [1.82, 2.24) is 0 Å². The third kappa shape index (κ3) is 4.38. The van der Waals surface area contributed by atoms with Crippen LogP contribution in [0.25, 0.3) is 0 Å². The first-order valence-electron chi connectivity index (χ1n) is 8.51. The highest BCUT2D eigenvalue weighted by Gasteiger charge is 2.18. The molecule has 0 saturated heterocycles. The molecule has 3 N–H and O–H groups in total. The lowest BCUT2D eigenvalue weighted by molar-refractivity contribution is -0.385. The first-order valence-corrected chi connectivity index (χ1v) is 8.51. The van der Waals surface area contributed by atoms with E-state index in [1.807, 2.05) is 0 Å². The Hall–Kier alpha value is -4.34. The summed E-state index contributed by atoms with van der Waals surface area (Å²) in [7, 11) is 0. The van der Waals surface area contributed by atoms with Crippen LogP contribution in [-0.2, 0) is 4.74 Å². The van der Waals surface area contributed by atoms with Crippen molar-refractivity contribution in [2.45, 2.75) is 6.92 Å². The van der Waals surface area contributed by atoms with Crippen LogP contribution in [-0.4, -0.2) is 22.6 Å². The zero-order valence-corrected chi connectivity index (χ0v) is 15.6. The second kappa shape index (κ2) is 8.35. The number of halogens is 1. The number of nitro benzene ring substituents is 1. The Morgan fingerprint density at radius 2 is 1.87 bits per heavy atom. The molecule has 0 aliphatic heterocycles. The zero-order valence-electron chi connectivity index (χ0n) is 15.6. The fourth-order valence-corrected chi connectivity index (χ4v) is 2.52. The molecule has 2 aromatic carbocycles. The van der Waals surface area contributed by atoms with Gasteiger partial charge in [-0.1, -0.05) is 6.07 Å². The third-order valence-electron chi connectivity index (χ3n) is 4.09. The van der Waals surface area contributed by atoms with Crippen molar-refractivity contribution in [2.75, 3.05) is 5.32 Å². The summed E-state index contributed by atoms with van der Waals surface area (Å²) in [5, 5.41) is 29.1. The van der Waals surface area contributed by atoms with E-state index in [1.54, 1.807) is 6.07 Å². The number of ether oxygens (including phenoxy) is 1. The highest BCUT2D eigenvalue weighted by molar-refractivity contribution is 6.07. The van der Waals surface area contributed by atoms with E-state index in [1.165, 1.54) is 37.5 Å². The van der Waals surface area contributed by atoms with Gasteiger partial charge in [0.2, 0.25) is 5.90 Å². The van der Waals surface area contributed by atoms with E-state index in [2.05, 4.69) is 5.32 Å². The summed E-state index contributed by atoms with van der Waals surface area (Å²) in [6, 6.07) is 10.4. The largest absolute Gasteiger partial charge is 0.459 e. The van der Waals surface area contributed by atoms with Crippen LogP contribution in [0.2, 0.25) is 0 Å². The number of furan rings is 1. The van der Waals surface area contributed by atoms with E-state index in [0.29, 0.717) is 5.56 Å². The Labute approximate surface area is 169 Å². The molecule has 30 heavy (non-hydrogen) atoms. The lowest BCUT2D eigenvalue weighted by Crippen LogP contribution is -2.16. The first kappa shape index (κ1) is 20.4. The summed E-state index contributed by atoms with van der Waals surface area (Å²) >= 11 is 0. The Kier molecular flexibility index (Phi) is 5.68. The monoisotopic (exact) mass is 410 g/mol. The number of carbonyl (C=O) groups is 1. The molecule has 10 heteroatoms. The van der Waals surface area contributed by atoms with Gasteiger partial charge in [0.15, 0.2) is 5.76 Å². The minimum atomic E-state index is -0.775. The second-order valence-electron chi connectivity index (χ2n) is 6.14. The molecule has 1 heterocycles. The summed E-state index contributed by atoms with van der Waals surface area (Å²) in [6.07, 6.45) is 1.35. The standard InChI is InChI=1S/C20H15FN4O5/c1-11-4-5-13(10-16(11)25(27)28)20(26)24-15-9-12(6-7-14(15)21)18(22)30-19(23)17-3-2-8-29-17/h2-10,22-23H,1H3,(H,24,26). The molecule has 0 bridgehead atoms. The number of hydrogen-bond donors (Lipinski definition) is 3. The Morgan fingerprint density at radius 3 is 2.53 bits per heavy atom. The molecule has 0 radical (unpaired) electrons. The van der Waals surface area contributed by atoms with Crippen LogP contribution in [0.4, 0.5) is 15.8 Å². The predicted molar refractivity (Wildman–Crippen MR) is 106 cm³/mol. The maximum atomic E-state index is 14.2. The number of rotatable bonds is 5. The van der Waals surface area contributed by atoms with Gasteiger partial charge in [-0.15, -0.1) is 0 Å². The normalized spacial score (nSPS) is 10.3. The van der Waals surface area contributed by atoms with Crippen molar-refractivity contribution >= 4 is 29.1 Å². The quantitative estimate of drug-likeness (QED) is 0.249. The molecule has 3 rings (SSSR count). The number of anilines is 1. The highest BCUT2D eigenvalue weighted by atomic mass is 19.1. The van der Waals surface area contributed by atoms with Gasteiger partial charge in [0, 0.05) is 22.8 Å². The van der Waals surface area contributed by atoms with Gasteiger partial charge < -0.3 is 14.5 Å². The molecule has 1 aromatic heterocycles. The molecule has 9 nitrogen and oxygen atoms in total. The van der Waals surface area contributed by atoms with Crippen LogP contribution in [0.3, 0.4) is 0 Å². The first-order chi connectivity index (χ1) is 14.3. The average Bonchev–Trinajstić information content (AvgIpc) is 3.24. The molecule has 0 spiro atoms. The number of carbonyl (C=O) groups excluding carboxylic acids is 1. The van der Waals surface area contributed by atoms with Crippen LogP contribution >= 0.6 is 0 Å². The summed E-state index contributed by atoms with van der Waals surface area (Å²) in [5.74, 6) is -2.30. The molecule has 152 valence electrons. The smallest absolute Gasteiger partial charge is 0.273 e. The van der Waals surface area contributed by atoms with Gasteiger partial charge in [-0.2, -0.15) is 0 Å². The fraction of sp³-hybridized carbons (Fsp3) is 0.0500. The zero-order chi connectivity index (χ0) is 21.8. The molecular formula is C20H15FN4O5. The fourth-order valence-electron chi connectivity index (χ4n) is 2.52. The number of nitrogens with one attached hydrogen (secondary N) is 3. The third-order valence-corrected chi connectivity index (χ3v) is 4.09. The van der Waals surface area contributed by atoms with E-state index in [-0.39, 0.29) is 28.3 Å². The lowest BCUT2D eigenvalue weighted by Gasteiger charge is -2.10. The molecule has 0 saturated carbocycles. The molecule has 0 aliphatic carbocycles. The number of nitrogens with zero attached hydrogens (tertiary/aromatic N) is 1. The van der Waals surface area contributed by atoms with Crippen LogP contribution in [0.5, 0.6) is 0 Å². The average molecular weight is 410 g/mol. The number of amides is 1. The molecule has 3 aromatic rings. The Bertz CT molecular complexity index is 1160. The van der Waals surface area contributed by atoms with Gasteiger partial charge in [0.1, 0.15) is 5.82 Å². The molecule has 0 fully saturated rings. The minimum Gasteiger partial charge on any atom is -0.459 e. The van der Waals surface area contributed by atoms with E-state index >= 15 is 0 Å². The van der Waals surface area contributed by atoms with Crippen LogP contribution in [0.15, 0.2) is 59.2 Å². The Balaban J connectivity index is 1.79. The number of hydrogen-bond acceptors (Lipinski definition) is 7. The summed E-state index contributed by atoms with van der Waals surface area (Å²) in [6.45, 7) is 1.54. The molecule has 0 atom stereocenters. The molecule has 1 amide bonds.